The molecule has 0 spiro atoms. The van der Waals surface area contributed by atoms with Gasteiger partial charge in [0, 0.05) is 12.0 Å². The third kappa shape index (κ3) is 4.91. The van der Waals surface area contributed by atoms with Gasteiger partial charge in [0.1, 0.15) is 0 Å². The van der Waals surface area contributed by atoms with Crippen molar-refractivity contribution in [1.29, 1.82) is 0 Å². The monoisotopic (exact) mass is 311 g/mol. The second-order valence-corrected chi connectivity index (χ2v) is 7.16. The van der Waals surface area contributed by atoms with Gasteiger partial charge < -0.3 is 11.2 Å². The van der Waals surface area contributed by atoms with E-state index in [-0.39, 0.29) is 11.9 Å². The summed E-state index contributed by atoms with van der Waals surface area (Å²) in [5.41, 5.74) is 0. The van der Waals surface area contributed by atoms with Gasteiger partial charge in [-0.05, 0) is 38.5 Å². The van der Waals surface area contributed by atoms with Gasteiger partial charge in [-0.1, -0.05) is 25.6 Å². The van der Waals surface area contributed by atoms with E-state index in [0.29, 0.717) is 22.7 Å². The Balaban J connectivity index is 1.73. The molecule has 1 fully saturated rings. The number of hydrogen-bond donors (Lipinski definition) is 2. The zero-order valence-corrected chi connectivity index (χ0v) is 13.8. The third-order valence-corrected chi connectivity index (χ3v) is 4.49. The second kappa shape index (κ2) is 7.15. The quantitative estimate of drug-likeness (QED) is 0.566. The largest absolute Gasteiger partial charge is 0.353 e. The van der Waals surface area contributed by atoms with Crippen LogP contribution in [-0.2, 0) is 4.79 Å². The molecule has 0 radical (unpaired) electrons. The van der Waals surface area contributed by atoms with Crippen molar-refractivity contribution < 1.29 is 4.79 Å². The minimum absolute atomic E-state index is 0.0206. The summed E-state index contributed by atoms with van der Waals surface area (Å²) in [5, 5.41) is 11.8. The van der Waals surface area contributed by atoms with Crippen LogP contribution in [0.3, 0.4) is 0 Å². The molecule has 6 nitrogen and oxygen atoms in total. The van der Waals surface area contributed by atoms with E-state index in [1.54, 1.807) is 0 Å². The summed E-state index contributed by atoms with van der Waals surface area (Å²) < 4.78 is 1.53. The van der Waals surface area contributed by atoms with E-state index >= 15 is 0 Å². The summed E-state index contributed by atoms with van der Waals surface area (Å²) in [6, 6.07) is 0.207. The predicted octanol–water partition coefficient (Wildman–Crippen LogP) is 1.90. The van der Waals surface area contributed by atoms with Gasteiger partial charge in [0.2, 0.25) is 11.1 Å². The van der Waals surface area contributed by atoms with Crippen LogP contribution in [0, 0.1) is 5.92 Å². The molecule has 1 aliphatic rings. The molecule has 0 aromatic carbocycles. The zero-order valence-electron chi connectivity index (χ0n) is 13.0. The van der Waals surface area contributed by atoms with Crippen molar-refractivity contribution in [1.82, 2.24) is 20.2 Å². The van der Waals surface area contributed by atoms with Gasteiger partial charge in [0.05, 0.1) is 5.75 Å². The fourth-order valence-electron chi connectivity index (χ4n) is 2.11. The van der Waals surface area contributed by atoms with Crippen LogP contribution in [0.5, 0.6) is 0 Å². The molecular formula is C14H25N5OS. The molecule has 7 heteroatoms. The fraction of sp³-hybridized carbons (Fsp3) is 0.786. The van der Waals surface area contributed by atoms with Crippen molar-refractivity contribution in [2.75, 3.05) is 11.6 Å². The van der Waals surface area contributed by atoms with Crippen molar-refractivity contribution in [2.45, 2.75) is 63.6 Å². The molecule has 0 unspecified atom stereocenters. The Morgan fingerprint density at radius 1 is 1.38 bits per heavy atom. The maximum atomic E-state index is 11.9. The van der Waals surface area contributed by atoms with Gasteiger partial charge in [-0.25, -0.2) is 4.68 Å². The first-order valence-corrected chi connectivity index (χ1v) is 8.58. The molecule has 118 valence electrons. The number of hydrogen-bond acceptors (Lipinski definition) is 5. The maximum Gasteiger partial charge on any atom is 0.230 e. The number of aromatic nitrogens is 3. The normalized spacial score (nSPS) is 16.2. The molecule has 21 heavy (non-hydrogen) atoms. The van der Waals surface area contributed by atoms with Crippen molar-refractivity contribution >= 4 is 17.7 Å². The number of thioether (sulfide) groups is 1. The Bertz CT molecular complexity index is 484. The van der Waals surface area contributed by atoms with Crippen molar-refractivity contribution in [2.24, 2.45) is 5.92 Å². The molecular weight excluding hydrogens is 286 g/mol. The maximum absolute atomic E-state index is 11.9. The standard InChI is InChI=1S/C14H25N5OS/c1-9(2)4-5-10(3)16-12(20)8-21-14-18-17-13(19(14)15)11-6-7-11/h9-11H,4-8,15H2,1-3H3,(H,16,20)/t10-/m1/s1. The molecule has 0 aliphatic heterocycles. The van der Waals surface area contributed by atoms with Crippen LogP contribution in [0.4, 0.5) is 0 Å². The Kier molecular flexibility index (Phi) is 5.50. The van der Waals surface area contributed by atoms with E-state index in [1.165, 1.54) is 16.4 Å². The lowest BCUT2D eigenvalue weighted by atomic mass is 10.0. The van der Waals surface area contributed by atoms with Crippen LogP contribution in [0.2, 0.25) is 0 Å². The number of nitrogens with two attached hydrogens (primary N) is 1. The Labute approximate surface area is 130 Å². The second-order valence-electron chi connectivity index (χ2n) is 6.21. The van der Waals surface area contributed by atoms with Crippen LogP contribution in [0.25, 0.3) is 0 Å². The fourth-order valence-corrected chi connectivity index (χ4v) is 2.78. The number of carbonyl (C=O) groups is 1. The van der Waals surface area contributed by atoms with Gasteiger partial charge in [-0.2, -0.15) is 0 Å². The molecule has 1 amide bonds. The Morgan fingerprint density at radius 3 is 2.71 bits per heavy atom. The molecule has 3 N–H and O–H groups in total. The first kappa shape index (κ1) is 16.1. The van der Waals surface area contributed by atoms with Crippen LogP contribution >= 0.6 is 11.8 Å². The highest BCUT2D eigenvalue weighted by molar-refractivity contribution is 7.99. The van der Waals surface area contributed by atoms with Crippen LogP contribution in [0.15, 0.2) is 5.16 Å². The highest BCUT2D eigenvalue weighted by atomic mass is 32.2. The summed E-state index contributed by atoms with van der Waals surface area (Å²) in [6.45, 7) is 6.42. The van der Waals surface area contributed by atoms with Gasteiger partial charge in [0.25, 0.3) is 0 Å². The van der Waals surface area contributed by atoms with Crippen molar-refractivity contribution in [3.8, 4) is 0 Å². The van der Waals surface area contributed by atoms with E-state index in [9.17, 15) is 4.79 Å². The molecule has 1 atom stereocenters. The van der Waals surface area contributed by atoms with E-state index in [1.807, 2.05) is 6.92 Å². The lowest BCUT2D eigenvalue weighted by Crippen LogP contribution is -2.34. The zero-order chi connectivity index (χ0) is 15.4. The van der Waals surface area contributed by atoms with Crippen LogP contribution in [-0.4, -0.2) is 32.6 Å². The molecule has 0 bridgehead atoms. The van der Waals surface area contributed by atoms with Gasteiger partial charge in [0.15, 0.2) is 5.82 Å². The smallest absolute Gasteiger partial charge is 0.230 e. The number of nitrogens with one attached hydrogen (secondary N) is 1. The third-order valence-electron chi connectivity index (χ3n) is 3.55. The van der Waals surface area contributed by atoms with Gasteiger partial charge in [-0.15, -0.1) is 10.2 Å². The highest BCUT2D eigenvalue weighted by Crippen LogP contribution is 2.39. The predicted molar refractivity (Wildman–Crippen MR) is 84.5 cm³/mol. The number of nitrogen functional groups attached to an aromatic ring is 1. The highest BCUT2D eigenvalue weighted by Gasteiger charge is 2.30. The molecule has 1 aromatic heterocycles. The van der Waals surface area contributed by atoms with Crippen molar-refractivity contribution in [3.05, 3.63) is 5.82 Å². The number of nitrogens with zero attached hydrogens (tertiary/aromatic N) is 3. The minimum atomic E-state index is 0.0206. The van der Waals surface area contributed by atoms with Crippen LogP contribution in [0.1, 0.15) is 58.2 Å². The molecule has 2 rings (SSSR count). The van der Waals surface area contributed by atoms with E-state index in [0.717, 1.165) is 31.5 Å². The molecule has 1 aliphatic carbocycles. The topological polar surface area (TPSA) is 85.8 Å². The molecule has 1 aromatic rings. The average Bonchev–Trinajstić information content (AvgIpc) is 3.19. The summed E-state index contributed by atoms with van der Waals surface area (Å²) in [4.78, 5) is 11.9. The van der Waals surface area contributed by atoms with E-state index in [2.05, 4.69) is 29.4 Å². The number of rotatable bonds is 8. The Hall–Kier alpha value is -1.24. The van der Waals surface area contributed by atoms with Crippen LogP contribution < -0.4 is 11.2 Å². The summed E-state index contributed by atoms with van der Waals surface area (Å²) in [6.07, 6.45) is 4.39. The van der Waals surface area contributed by atoms with E-state index in [4.69, 9.17) is 5.84 Å². The van der Waals surface area contributed by atoms with Crippen molar-refractivity contribution in [3.63, 3.8) is 0 Å². The Morgan fingerprint density at radius 2 is 2.10 bits per heavy atom. The number of amides is 1. The lowest BCUT2D eigenvalue weighted by Gasteiger charge is -2.14. The minimum Gasteiger partial charge on any atom is -0.353 e. The van der Waals surface area contributed by atoms with E-state index < -0.39 is 0 Å². The molecule has 0 saturated heterocycles. The SMILES string of the molecule is CC(C)CC[C@@H](C)NC(=O)CSc1nnc(C2CC2)n1N. The molecule has 1 saturated carbocycles. The summed E-state index contributed by atoms with van der Waals surface area (Å²) in [7, 11) is 0. The first-order chi connectivity index (χ1) is 9.97. The average molecular weight is 311 g/mol. The van der Waals surface area contributed by atoms with Gasteiger partial charge in [-0.3, -0.25) is 4.79 Å². The lowest BCUT2D eigenvalue weighted by molar-refractivity contribution is -0.119. The first-order valence-electron chi connectivity index (χ1n) is 7.60. The molecule has 1 heterocycles. The van der Waals surface area contributed by atoms with Gasteiger partial charge >= 0.3 is 0 Å². The summed E-state index contributed by atoms with van der Waals surface area (Å²) >= 11 is 1.34. The number of carbonyl (C=O) groups excluding carboxylic acids is 1. The summed E-state index contributed by atoms with van der Waals surface area (Å²) in [5.74, 6) is 8.26.